The second-order valence-corrected chi connectivity index (χ2v) is 9.38. The van der Waals surface area contributed by atoms with Crippen molar-refractivity contribution in [1.29, 1.82) is 0 Å². The molecule has 10 heteroatoms. The number of nitrogens with two attached hydrogens (primary N) is 1. The second kappa shape index (κ2) is 9.79. The van der Waals surface area contributed by atoms with Crippen molar-refractivity contribution in [3.63, 3.8) is 0 Å². The van der Waals surface area contributed by atoms with Gasteiger partial charge in [-0.25, -0.2) is 9.97 Å². The first-order chi connectivity index (χ1) is 15.5. The fraction of sp³-hybridized carbons (Fsp3) is 0.500. The van der Waals surface area contributed by atoms with E-state index in [0.717, 1.165) is 12.1 Å². The number of rotatable bonds is 9. The van der Waals surface area contributed by atoms with Crippen LogP contribution in [-0.2, 0) is 10.4 Å². The number of anilines is 1. The standard InChI is InChI=1S/C24H30F3N3O4/c1-13(2)10-18(31)20-21(28)29-12-17(30-20)16-11-15(7-6-14(16)3)23(34,24(25,26)27)9-8-19(32)22(4,5)33/h6-7,11-13,33-34H,8-10H2,1-5H3,(H2,28,29). The monoisotopic (exact) mass is 481 g/mol. The first-order valence-corrected chi connectivity index (χ1v) is 10.8. The van der Waals surface area contributed by atoms with Gasteiger partial charge in [-0.2, -0.15) is 13.2 Å². The summed E-state index contributed by atoms with van der Waals surface area (Å²) in [6.45, 7) is 7.67. The maximum Gasteiger partial charge on any atom is 0.421 e. The van der Waals surface area contributed by atoms with E-state index in [-0.39, 0.29) is 40.9 Å². The number of benzene rings is 1. The Morgan fingerprint density at radius 1 is 1.15 bits per heavy atom. The summed E-state index contributed by atoms with van der Waals surface area (Å²) in [4.78, 5) is 32.8. The third kappa shape index (κ3) is 5.98. The molecule has 0 aliphatic carbocycles. The topological polar surface area (TPSA) is 126 Å². The second-order valence-electron chi connectivity index (χ2n) is 9.38. The molecule has 1 atom stereocenters. The molecule has 1 aromatic carbocycles. The molecular weight excluding hydrogens is 451 g/mol. The Balaban J connectivity index is 2.56. The summed E-state index contributed by atoms with van der Waals surface area (Å²) in [7, 11) is 0. The fourth-order valence-corrected chi connectivity index (χ4v) is 3.41. The number of nitrogen functional groups attached to an aromatic ring is 1. The van der Waals surface area contributed by atoms with Crippen molar-refractivity contribution in [2.75, 3.05) is 5.73 Å². The molecule has 0 bridgehead atoms. The number of hydrogen-bond acceptors (Lipinski definition) is 7. The van der Waals surface area contributed by atoms with Gasteiger partial charge in [0.05, 0.1) is 11.9 Å². The lowest BCUT2D eigenvalue weighted by Crippen LogP contribution is -2.44. The van der Waals surface area contributed by atoms with Crippen LogP contribution in [-0.4, -0.2) is 43.5 Å². The molecule has 1 unspecified atom stereocenters. The molecule has 34 heavy (non-hydrogen) atoms. The van der Waals surface area contributed by atoms with E-state index in [2.05, 4.69) is 9.97 Å². The summed E-state index contributed by atoms with van der Waals surface area (Å²) < 4.78 is 42.0. The molecule has 0 aliphatic heterocycles. The van der Waals surface area contributed by atoms with E-state index < -0.39 is 41.6 Å². The molecule has 1 aromatic heterocycles. The number of ketones is 2. The molecule has 2 aromatic rings. The molecule has 0 radical (unpaired) electrons. The molecule has 0 fully saturated rings. The quantitative estimate of drug-likeness (QED) is 0.460. The van der Waals surface area contributed by atoms with E-state index in [4.69, 9.17) is 5.73 Å². The maximum absolute atomic E-state index is 14.0. The zero-order chi connectivity index (χ0) is 26.1. The van der Waals surface area contributed by atoms with Crippen molar-refractivity contribution < 1.29 is 33.0 Å². The highest BCUT2D eigenvalue weighted by atomic mass is 19.4. The lowest BCUT2D eigenvalue weighted by atomic mass is 9.84. The van der Waals surface area contributed by atoms with E-state index in [1.54, 1.807) is 6.92 Å². The van der Waals surface area contributed by atoms with E-state index in [1.807, 2.05) is 13.8 Å². The lowest BCUT2D eigenvalue weighted by molar-refractivity contribution is -0.269. The minimum absolute atomic E-state index is 0.0378. The largest absolute Gasteiger partial charge is 0.421 e. The summed E-state index contributed by atoms with van der Waals surface area (Å²) in [6.07, 6.45) is -5.36. The number of Topliss-reactive ketones (excluding diaryl/α,β-unsaturated/α-hetero) is 2. The molecule has 0 saturated carbocycles. The van der Waals surface area contributed by atoms with Gasteiger partial charge in [-0.1, -0.05) is 26.0 Å². The predicted octanol–water partition coefficient (Wildman–Crippen LogP) is 4.13. The number of hydrogen-bond donors (Lipinski definition) is 3. The number of aromatic nitrogens is 2. The van der Waals surface area contributed by atoms with E-state index in [1.165, 1.54) is 26.1 Å². The molecule has 4 N–H and O–H groups in total. The Labute approximate surface area is 196 Å². The summed E-state index contributed by atoms with van der Waals surface area (Å²) in [5.41, 5.74) is 0.924. The zero-order valence-electron chi connectivity index (χ0n) is 19.8. The van der Waals surface area contributed by atoms with E-state index in [0.29, 0.717) is 5.56 Å². The van der Waals surface area contributed by atoms with Crippen molar-refractivity contribution >= 4 is 17.4 Å². The van der Waals surface area contributed by atoms with E-state index >= 15 is 0 Å². The Morgan fingerprint density at radius 2 is 1.76 bits per heavy atom. The van der Waals surface area contributed by atoms with Gasteiger partial charge in [0.1, 0.15) is 11.3 Å². The Kier molecular flexibility index (Phi) is 7.89. The molecule has 0 saturated heterocycles. The van der Waals surface area contributed by atoms with Gasteiger partial charge in [0.2, 0.25) is 0 Å². The zero-order valence-corrected chi connectivity index (χ0v) is 19.8. The lowest BCUT2D eigenvalue weighted by Gasteiger charge is -2.32. The molecule has 0 aliphatic rings. The highest BCUT2D eigenvalue weighted by Crippen LogP contribution is 2.44. The van der Waals surface area contributed by atoms with Gasteiger partial charge >= 0.3 is 6.18 Å². The van der Waals surface area contributed by atoms with Crippen LogP contribution in [0.4, 0.5) is 19.0 Å². The average Bonchev–Trinajstić information content (AvgIpc) is 2.70. The fourth-order valence-electron chi connectivity index (χ4n) is 3.41. The van der Waals surface area contributed by atoms with Crippen molar-refractivity contribution in [3.8, 4) is 11.3 Å². The van der Waals surface area contributed by atoms with Crippen LogP contribution in [0.2, 0.25) is 0 Å². The molecule has 186 valence electrons. The van der Waals surface area contributed by atoms with Crippen molar-refractivity contribution in [2.24, 2.45) is 5.92 Å². The first kappa shape index (κ1) is 27.4. The van der Waals surface area contributed by atoms with Gasteiger partial charge in [0, 0.05) is 18.4 Å². The van der Waals surface area contributed by atoms with Crippen molar-refractivity contribution in [3.05, 3.63) is 41.2 Å². The Hall–Kier alpha value is -2.85. The first-order valence-electron chi connectivity index (χ1n) is 10.8. The maximum atomic E-state index is 14.0. The van der Waals surface area contributed by atoms with Gasteiger partial charge in [0.25, 0.3) is 0 Å². The van der Waals surface area contributed by atoms with Crippen LogP contribution >= 0.6 is 0 Å². The normalized spacial score (nSPS) is 14.2. The van der Waals surface area contributed by atoms with Crippen LogP contribution < -0.4 is 5.73 Å². The van der Waals surface area contributed by atoms with Gasteiger partial charge < -0.3 is 15.9 Å². The van der Waals surface area contributed by atoms with Crippen molar-refractivity contribution in [2.45, 2.75) is 71.3 Å². The number of carbonyl (C=O) groups excluding carboxylic acids is 2. The number of nitrogens with zero attached hydrogens (tertiary/aromatic N) is 2. The van der Waals surface area contributed by atoms with Crippen molar-refractivity contribution in [1.82, 2.24) is 9.97 Å². The van der Waals surface area contributed by atoms with Crippen LogP contribution in [0.3, 0.4) is 0 Å². The SMILES string of the molecule is Cc1ccc(C(O)(CCC(=O)C(C)(C)O)C(F)(F)F)cc1-c1cnc(N)c(C(=O)CC(C)C)n1. The molecule has 0 amide bonds. The minimum atomic E-state index is -5.11. The highest BCUT2D eigenvalue weighted by molar-refractivity contribution is 5.98. The van der Waals surface area contributed by atoms with Crippen LogP contribution in [0.1, 0.15) is 68.6 Å². The third-order valence-electron chi connectivity index (χ3n) is 5.51. The Bertz CT molecular complexity index is 1080. The summed E-state index contributed by atoms with van der Waals surface area (Å²) in [5, 5.41) is 20.5. The van der Waals surface area contributed by atoms with Crippen LogP contribution in [0.25, 0.3) is 11.3 Å². The molecule has 2 rings (SSSR count). The van der Waals surface area contributed by atoms with Crippen LogP contribution in [0.5, 0.6) is 0 Å². The van der Waals surface area contributed by atoms with Gasteiger partial charge in [-0.3, -0.25) is 9.59 Å². The molecule has 0 spiro atoms. The highest BCUT2D eigenvalue weighted by Gasteiger charge is 2.55. The average molecular weight is 482 g/mol. The summed E-state index contributed by atoms with van der Waals surface area (Å²) in [5.74, 6) is -1.22. The molecule has 1 heterocycles. The third-order valence-corrected chi connectivity index (χ3v) is 5.51. The van der Waals surface area contributed by atoms with Crippen LogP contribution in [0.15, 0.2) is 24.4 Å². The van der Waals surface area contributed by atoms with Gasteiger partial charge in [-0.15, -0.1) is 0 Å². The number of aryl methyl sites for hydroxylation is 1. The number of aliphatic hydroxyl groups is 2. The minimum Gasteiger partial charge on any atom is -0.383 e. The van der Waals surface area contributed by atoms with Gasteiger partial charge in [-0.05, 0) is 50.3 Å². The number of halogens is 3. The number of alkyl halides is 3. The Morgan fingerprint density at radius 3 is 2.29 bits per heavy atom. The van der Waals surface area contributed by atoms with E-state index in [9.17, 15) is 33.0 Å². The summed E-state index contributed by atoms with van der Waals surface area (Å²) >= 11 is 0. The van der Waals surface area contributed by atoms with Crippen LogP contribution in [0, 0.1) is 12.8 Å². The summed E-state index contributed by atoms with van der Waals surface area (Å²) in [6, 6.07) is 3.62. The smallest absolute Gasteiger partial charge is 0.383 e. The molecular formula is C24H30F3N3O4. The molecule has 7 nitrogen and oxygen atoms in total. The predicted molar refractivity (Wildman–Crippen MR) is 121 cm³/mol. The number of carbonyl (C=O) groups is 2. The van der Waals surface area contributed by atoms with Gasteiger partial charge in [0.15, 0.2) is 23.0 Å².